The van der Waals surface area contributed by atoms with Crippen LogP contribution in [-0.4, -0.2) is 57.8 Å². The summed E-state index contributed by atoms with van der Waals surface area (Å²) in [5.74, 6) is 0.180. The van der Waals surface area contributed by atoms with E-state index in [2.05, 4.69) is 15.3 Å². The number of amides is 2. The van der Waals surface area contributed by atoms with Gasteiger partial charge in [-0.15, -0.1) is 0 Å². The second-order valence-electron chi connectivity index (χ2n) is 7.84. The van der Waals surface area contributed by atoms with Gasteiger partial charge in [-0.25, -0.2) is 9.97 Å². The molecule has 1 saturated heterocycles. The number of rotatable bonds is 4. The molecule has 3 aromatic rings. The first-order valence-electron chi connectivity index (χ1n) is 10.6. The first-order valence-corrected chi connectivity index (χ1v) is 10.6. The number of anilines is 2. The molecular weight excluding hydrogens is 447 g/mol. The average molecular weight is 469 g/mol. The van der Waals surface area contributed by atoms with Gasteiger partial charge >= 0.3 is 6.18 Å². The van der Waals surface area contributed by atoms with E-state index in [4.69, 9.17) is 0 Å². The highest BCUT2D eigenvalue weighted by Gasteiger charge is 2.30. The van der Waals surface area contributed by atoms with E-state index in [-0.39, 0.29) is 17.8 Å². The molecule has 0 saturated carbocycles. The van der Waals surface area contributed by atoms with E-state index >= 15 is 0 Å². The first kappa shape index (κ1) is 23.2. The van der Waals surface area contributed by atoms with Crippen LogP contribution < -0.4 is 5.32 Å². The van der Waals surface area contributed by atoms with Crippen molar-refractivity contribution in [3.05, 3.63) is 71.9 Å². The van der Waals surface area contributed by atoms with Gasteiger partial charge in [-0.2, -0.15) is 13.2 Å². The van der Waals surface area contributed by atoms with Gasteiger partial charge in [-0.3, -0.25) is 9.59 Å². The molecule has 7 nitrogen and oxygen atoms in total. The molecule has 4 rings (SSSR count). The van der Waals surface area contributed by atoms with Crippen molar-refractivity contribution in [2.45, 2.75) is 13.1 Å². The lowest BCUT2D eigenvalue weighted by atomic mass is 10.1. The highest BCUT2D eigenvalue weighted by Crippen LogP contribution is 2.30. The Hall–Kier alpha value is -3.95. The lowest BCUT2D eigenvalue weighted by Crippen LogP contribution is -2.50. The third-order valence-corrected chi connectivity index (χ3v) is 5.56. The number of nitrogens with one attached hydrogen (secondary N) is 1. The second kappa shape index (κ2) is 9.50. The minimum atomic E-state index is -4.40. The summed E-state index contributed by atoms with van der Waals surface area (Å²) in [7, 11) is 0. The van der Waals surface area contributed by atoms with E-state index in [1.807, 2.05) is 0 Å². The van der Waals surface area contributed by atoms with Crippen molar-refractivity contribution in [1.29, 1.82) is 0 Å². The van der Waals surface area contributed by atoms with Crippen molar-refractivity contribution in [2.24, 2.45) is 0 Å². The molecule has 34 heavy (non-hydrogen) atoms. The molecule has 0 unspecified atom stereocenters. The number of carbonyl (C=O) groups is 2. The van der Waals surface area contributed by atoms with E-state index < -0.39 is 11.7 Å². The molecule has 0 spiro atoms. The Morgan fingerprint density at radius 1 is 0.882 bits per heavy atom. The fourth-order valence-electron chi connectivity index (χ4n) is 3.64. The van der Waals surface area contributed by atoms with Gasteiger partial charge in [0.05, 0.1) is 11.3 Å². The van der Waals surface area contributed by atoms with Crippen LogP contribution in [0.2, 0.25) is 0 Å². The van der Waals surface area contributed by atoms with Gasteiger partial charge in [0.15, 0.2) is 0 Å². The Bertz CT molecular complexity index is 1170. The van der Waals surface area contributed by atoms with Gasteiger partial charge in [-0.1, -0.05) is 12.1 Å². The predicted molar refractivity (Wildman–Crippen MR) is 120 cm³/mol. The molecule has 2 amide bonds. The van der Waals surface area contributed by atoms with E-state index in [9.17, 15) is 22.8 Å². The number of halogens is 3. The standard InChI is InChI=1S/C24H22F3N5O2/c1-16(33)31-12-14-32(15-13-31)22(34)18-4-8-20(9-5-18)29-23-28-11-10-21(30-23)17-2-6-19(7-3-17)24(25,26)27/h2-11H,12-15H2,1H3,(H,28,29,30). The summed E-state index contributed by atoms with van der Waals surface area (Å²) in [5.41, 5.74) is 1.47. The molecule has 1 aliphatic rings. The Balaban J connectivity index is 1.41. The molecule has 0 aliphatic carbocycles. The SMILES string of the molecule is CC(=O)N1CCN(C(=O)c2ccc(Nc3nccc(-c4ccc(C(F)(F)F)cc4)n3)cc2)CC1. The maximum atomic E-state index is 12.8. The van der Waals surface area contributed by atoms with Gasteiger partial charge in [0, 0.05) is 56.1 Å². The van der Waals surface area contributed by atoms with Crippen LogP contribution in [0.5, 0.6) is 0 Å². The minimum absolute atomic E-state index is 0.00661. The van der Waals surface area contributed by atoms with E-state index in [0.29, 0.717) is 48.7 Å². The molecule has 1 fully saturated rings. The number of alkyl halides is 3. The quantitative estimate of drug-likeness (QED) is 0.620. The highest BCUT2D eigenvalue weighted by molar-refractivity contribution is 5.94. The Morgan fingerprint density at radius 2 is 1.50 bits per heavy atom. The molecule has 2 aromatic carbocycles. The van der Waals surface area contributed by atoms with Crippen LogP contribution in [0.15, 0.2) is 60.8 Å². The van der Waals surface area contributed by atoms with Crippen LogP contribution in [0.4, 0.5) is 24.8 Å². The summed E-state index contributed by atoms with van der Waals surface area (Å²) in [4.78, 5) is 36.2. The zero-order chi connectivity index (χ0) is 24.3. The summed E-state index contributed by atoms with van der Waals surface area (Å²) in [6.45, 7) is 3.54. The number of aromatic nitrogens is 2. The van der Waals surface area contributed by atoms with Crippen LogP contribution in [0.1, 0.15) is 22.8 Å². The molecule has 2 heterocycles. The molecule has 0 radical (unpaired) electrons. The molecule has 176 valence electrons. The summed E-state index contributed by atoms with van der Waals surface area (Å²) in [6, 6.07) is 13.2. The van der Waals surface area contributed by atoms with E-state index in [1.165, 1.54) is 25.3 Å². The first-order chi connectivity index (χ1) is 16.2. The van der Waals surface area contributed by atoms with Crippen molar-refractivity contribution in [2.75, 3.05) is 31.5 Å². The fraction of sp³-hybridized carbons (Fsp3) is 0.250. The predicted octanol–water partition coefficient (Wildman–Crippen LogP) is 4.21. The number of hydrogen-bond donors (Lipinski definition) is 1. The number of hydrogen-bond acceptors (Lipinski definition) is 5. The molecule has 0 bridgehead atoms. The molecule has 10 heteroatoms. The number of nitrogens with zero attached hydrogens (tertiary/aromatic N) is 4. The summed E-state index contributed by atoms with van der Waals surface area (Å²) >= 11 is 0. The van der Waals surface area contributed by atoms with Gasteiger partial charge in [0.2, 0.25) is 11.9 Å². The second-order valence-corrected chi connectivity index (χ2v) is 7.84. The van der Waals surface area contributed by atoms with Crippen molar-refractivity contribution >= 4 is 23.5 Å². The largest absolute Gasteiger partial charge is 0.416 e. The molecule has 1 N–H and O–H groups in total. The van der Waals surface area contributed by atoms with Crippen LogP contribution in [0.3, 0.4) is 0 Å². The Kier molecular flexibility index (Phi) is 6.49. The lowest BCUT2D eigenvalue weighted by molar-refractivity contribution is -0.137. The molecular formula is C24H22F3N5O2. The van der Waals surface area contributed by atoms with Crippen LogP contribution in [0.25, 0.3) is 11.3 Å². The third-order valence-electron chi connectivity index (χ3n) is 5.56. The van der Waals surface area contributed by atoms with Gasteiger partial charge in [0.25, 0.3) is 5.91 Å². The molecule has 0 atom stereocenters. The summed E-state index contributed by atoms with van der Waals surface area (Å²) in [5, 5.41) is 3.04. The highest BCUT2D eigenvalue weighted by atomic mass is 19.4. The summed E-state index contributed by atoms with van der Waals surface area (Å²) in [6.07, 6.45) is -2.88. The number of carbonyl (C=O) groups excluding carboxylic acids is 2. The van der Waals surface area contributed by atoms with Crippen LogP contribution >= 0.6 is 0 Å². The maximum Gasteiger partial charge on any atom is 0.416 e. The average Bonchev–Trinajstić information content (AvgIpc) is 2.84. The molecule has 1 aromatic heterocycles. The topological polar surface area (TPSA) is 78.4 Å². The van der Waals surface area contributed by atoms with Crippen molar-refractivity contribution in [1.82, 2.24) is 19.8 Å². The maximum absolute atomic E-state index is 12.8. The van der Waals surface area contributed by atoms with E-state index in [1.54, 1.807) is 40.1 Å². The van der Waals surface area contributed by atoms with Crippen molar-refractivity contribution < 1.29 is 22.8 Å². The van der Waals surface area contributed by atoms with Crippen LogP contribution in [-0.2, 0) is 11.0 Å². The zero-order valence-corrected chi connectivity index (χ0v) is 18.3. The van der Waals surface area contributed by atoms with Crippen molar-refractivity contribution in [3.63, 3.8) is 0 Å². The van der Waals surface area contributed by atoms with Crippen LogP contribution in [0, 0.1) is 0 Å². The smallest absolute Gasteiger partial charge is 0.339 e. The third kappa shape index (κ3) is 5.33. The summed E-state index contributed by atoms with van der Waals surface area (Å²) < 4.78 is 38.4. The fourth-order valence-corrected chi connectivity index (χ4v) is 3.64. The van der Waals surface area contributed by atoms with Gasteiger partial charge in [-0.05, 0) is 42.5 Å². The number of piperazine rings is 1. The van der Waals surface area contributed by atoms with Gasteiger partial charge in [0.1, 0.15) is 0 Å². The van der Waals surface area contributed by atoms with Crippen molar-refractivity contribution in [3.8, 4) is 11.3 Å². The number of benzene rings is 2. The Labute approximate surface area is 194 Å². The van der Waals surface area contributed by atoms with Gasteiger partial charge < -0.3 is 15.1 Å². The zero-order valence-electron chi connectivity index (χ0n) is 18.3. The lowest BCUT2D eigenvalue weighted by Gasteiger charge is -2.34. The minimum Gasteiger partial charge on any atom is -0.339 e. The Morgan fingerprint density at radius 3 is 2.09 bits per heavy atom. The van der Waals surface area contributed by atoms with E-state index in [0.717, 1.165) is 12.1 Å². The normalized spacial score (nSPS) is 14.1. The monoisotopic (exact) mass is 469 g/mol. The molecule has 1 aliphatic heterocycles.